The number of carbonyl (C=O) groups is 1. The summed E-state index contributed by atoms with van der Waals surface area (Å²) < 4.78 is 12.7. The Morgan fingerprint density at radius 1 is 1.10 bits per heavy atom. The first-order chi connectivity index (χ1) is 14.2. The average molecular weight is 391 g/mol. The predicted octanol–water partition coefficient (Wildman–Crippen LogP) is 2.53. The first-order valence-corrected chi connectivity index (χ1v) is 9.84. The van der Waals surface area contributed by atoms with E-state index in [1.165, 1.54) is 10.9 Å². The summed E-state index contributed by atoms with van der Waals surface area (Å²) in [5, 5.41) is 0.521. The Morgan fingerprint density at radius 3 is 2.83 bits per heavy atom. The summed E-state index contributed by atoms with van der Waals surface area (Å²) in [5.74, 6) is 1.38. The Labute approximate surface area is 167 Å². The van der Waals surface area contributed by atoms with E-state index < -0.39 is 0 Å². The fourth-order valence-corrected chi connectivity index (χ4v) is 4.13. The molecule has 0 unspecified atom stereocenters. The highest BCUT2D eigenvalue weighted by Crippen LogP contribution is 2.38. The average Bonchev–Trinajstić information content (AvgIpc) is 3.26. The van der Waals surface area contributed by atoms with E-state index in [0.29, 0.717) is 30.7 Å². The van der Waals surface area contributed by atoms with Crippen LogP contribution in [0, 0.1) is 0 Å². The molecule has 7 heteroatoms. The van der Waals surface area contributed by atoms with Gasteiger partial charge in [-0.2, -0.15) is 0 Å². The predicted molar refractivity (Wildman–Crippen MR) is 107 cm³/mol. The molecular formula is C22H21N3O4. The molecule has 7 nitrogen and oxygen atoms in total. The highest BCUT2D eigenvalue weighted by molar-refractivity contribution is 5.79. The van der Waals surface area contributed by atoms with Gasteiger partial charge in [0.15, 0.2) is 11.5 Å². The lowest BCUT2D eigenvalue weighted by atomic mass is 10.0. The second-order valence-corrected chi connectivity index (χ2v) is 7.34. The second-order valence-electron chi connectivity index (χ2n) is 7.34. The summed E-state index contributed by atoms with van der Waals surface area (Å²) in [6.45, 7) is 1.74. The van der Waals surface area contributed by atoms with Crippen molar-refractivity contribution in [2.45, 2.75) is 25.4 Å². The van der Waals surface area contributed by atoms with Crippen LogP contribution in [0.25, 0.3) is 10.9 Å². The van der Waals surface area contributed by atoms with E-state index >= 15 is 0 Å². The van der Waals surface area contributed by atoms with Crippen molar-refractivity contribution in [3.8, 4) is 11.5 Å². The van der Waals surface area contributed by atoms with Crippen molar-refractivity contribution < 1.29 is 14.3 Å². The van der Waals surface area contributed by atoms with Gasteiger partial charge in [-0.05, 0) is 42.7 Å². The number of ether oxygens (including phenoxy) is 2. The van der Waals surface area contributed by atoms with Gasteiger partial charge in [0, 0.05) is 6.54 Å². The molecule has 0 N–H and O–H groups in total. The molecule has 3 aromatic rings. The quantitative estimate of drug-likeness (QED) is 0.686. The van der Waals surface area contributed by atoms with Crippen molar-refractivity contribution >= 4 is 16.8 Å². The van der Waals surface area contributed by atoms with Crippen LogP contribution in [0.3, 0.4) is 0 Å². The molecule has 1 saturated heterocycles. The Morgan fingerprint density at radius 2 is 1.93 bits per heavy atom. The molecule has 148 valence electrons. The fraction of sp³-hybridized carbons (Fsp3) is 0.318. The second kappa shape index (κ2) is 7.24. The molecule has 2 aliphatic rings. The number of hydrogen-bond donors (Lipinski definition) is 0. The zero-order chi connectivity index (χ0) is 19.8. The van der Waals surface area contributed by atoms with Gasteiger partial charge >= 0.3 is 0 Å². The lowest BCUT2D eigenvalue weighted by Gasteiger charge is -2.27. The lowest BCUT2D eigenvalue weighted by Crippen LogP contribution is -2.36. The molecule has 2 aliphatic heterocycles. The van der Waals surface area contributed by atoms with Crippen molar-refractivity contribution in [1.29, 1.82) is 0 Å². The lowest BCUT2D eigenvalue weighted by molar-refractivity contribution is -0.132. The zero-order valence-corrected chi connectivity index (χ0v) is 15.9. The molecule has 1 aromatic heterocycles. The van der Waals surface area contributed by atoms with Crippen LogP contribution in [0.1, 0.15) is 24.4 Å². The molecule has 0 radical (unpaired) electrons. The third-order valence-electron chi connectivity index (χ3n) is 5.56. The number of likely N-dealkylation sites (tertiary alicyclic amines) is 1. The number of amides is 1. The van der Waals surface area contributed by atoms with Crippen LogP contribution >= 0.6 is 0 Å². The fourth-order valence-electron chi connectivity index (χ4n) is 4.13. The Bertz CT molecular complexity index is 1140. The number of rotatable bonds is 3. The van der Waals surface area contributed by atoms with Crippen LogP contribution in [0.5, 0.6) is 11.5 Å². The topological polar surface area (TPSA) is 73.7 Å². The third-order valence-corrected chi connectivity index (χ3v) is 5.56. The molecule has 1 amide bonds. The number of aromatic nitrogens is 2. The van der Waals surface area contributed by atoms with Gasteiger partial charge in [-0.15, -0.1) is 0 Å². The Kier molecular flexibility index (Phi) is 4.42. The molecule has 0 bridgehead atoms. The van der Waals surface area contributed by atoms with Crippen LogP contribution in [-0.4, -0.2) is 40.1 Å². The molecule has 1 fully saturated rings. The molecular weight excluding hydrogens is 370 g/mol. The van der Waals surface area contributed by atoms with Crippen LogP contribution in [-0.2, 0) is 11.3 Å². The minimum atomic E-state index is -0.195. The highest BCUT2D eigenvalue weighted by Gasteiger charge is 2.31. The normalized spacial score (nSPS) is 18.2. The van der Waals surface area contributed by atoms with Crippen LogP contribution in [0.15, 0.2) is 53.6 Å². The SMILES string of the molecule is O=C(Cn1cnc2ccccc2c1=O)N1CCC[C@H]1c1ccc2c(c1)OCCO2. The minimum Gasteiger partial charge on any atom is -0.486 e. The van der Waals surface area contributed by atoms with Crippen LogP contribution in [0.4, 0.5) is 0 Å². The number of benzene rings is 2. The van der Waals surface area contributed by atoms with E-state index in [0.717, 1.165) is 29.9 Å². The van der Waals surface area contributed by atoms with Gasteiger partial charge in [-0.3, -0.25) is 14.2 Å². The van der Waals surface area contributed by atoms with Gasteiger partial charge in [-0.25, -0.2) is 4.98 Å². The van der Waals surface area contributed by atoms with Crippen molar-refractivity contribution in [1.82, 2.24) is 14.5 Å². The number of hydrogen-bond acceptors (Lipinski definition) is 5. The summed E-state index contributed by atoms with van der Waals surface area (Å²) in [6.07, 6.45) is 3.27. The maximum atomic E-state index is 13.1. The van der Waals surface area contributed by atoms with E-state index in [-0.39, 0.29) is 24.1 Å². The van der Waals surface area contributed by atoms with E-state index in [9.17, 15) is 9.59 Å². The van der Waals surface area contributed by atoms with E-state index in [4.69, 9.17) is 9.47 Å². The maximum Gasteiger partial charge on any atom is 0.261 e. The van der Waals surface area contributed by atoms with Gasteiger partial charge in [0.1, 0.15) is 19.8 Å². The van der Waals surface area contributed by atoms with Crippen LogP contribution in [0.2, 0.25) is 0 Å². The number of fused-ring (bicyclic) bond motifs is 2. The monoisotopic (exact) mass is 391 g/mol. The van der Waals surface area contributed by atoms with Crippen molar-refractivity contribution in [3.05, 3.63) is 64.7 Å². The number of nitrogens with zero attached hydrogens (tertiary/aromatic N) is 3. The Hall–Kier alpha value is -3.35. The first-order valence-electron chi connectivity index (χ1n) is 9.84. The molecule has 0 aliphatic carbocycles. The minimum absolute atomic E-state index is 0.0162. The van der Waals surface area contributed by atoms with Crippen molar-refractivity contribution in [2.24, 2.45) is 0 Å². The van der Waals surface area contributed by atoms with Gasteiger partial charge in [0.2, 0.25) is 5.91 Å². The van der Waals surface area contributed by atoms with Crippen LogP contribution < -0.4 is 15.0 Å². The van der Waals surface area contributed by atoms with Crippen molar-refractivity contribution in [2.75, 3.05) is 19.8 Å². The molecule has 29 heavy (non-hydrogen) atoms. The summed E-state index contributed by atoms with van der Waals surface area (Å²) in [4.78, 5) is 31.9. The smallest absolute Gasteiger partial charge is 0.261 e. The molecule has 5 rings (SSSR count). The Balaban J connectivity index is 1.39. The zero-order valence-electron chi connectivity index (χ0n) is 15.9. The summed E-state index contributed by atoms with van der Waals surface area (Å²) >= 11 is 0. The van der Waals surface area contributed by atoms with E-state index in [2.05, 4.69) is 4.98 Å². The first kappa shape index (κ1) is 17.7. The van der Waals surface area contributed by atoms with E-state index in [1.54, 1.807) is 18.2 Å². The van der Waals surface area contributed by atoms with Gasteiger partial charge in [0.05, 0.1) is 23.3 Å². The molecule has 0 saturated carbocycles. The van der Waals surface area contributed by atoms with Gasteiger partial charge in [0.25, 0.3) is 5.56 Å². The summed E-state index contributed by atoms with van der Waals surface area (Å²) in [5.41, 5.74) is 1.47. The van der Waals surface area contributed by atoms with Crippen molar-refractivity contribution in [3.63, 3.8) is 0 Å². The molecule has 0 spiro atoms. The number of carbonyl (C=O) groups excluding carboxylic acids is 1. The molecule has 1 atom stereocenters. The highest BCUT2D eigenvalue weighted by atomic mass is 16.6. The summed E-state index contributed by atoms with van der Waals surface area (Å²) in [6, 6.07) is 13.0. The van der Waals surface area contributed by atoms with E-state index in [1.807, 2.05) is 29.2 Å². The maximum absolute atomic E-state index is 13.1. The molecule has 2 aromatic carbocycles. The van der Waals surface area contributed by atoms with Gasteiger partial charge in [-0.1, -0.05) is 18.2 Å². The third kappa shape index (κ3) is 3.22. The van der Waals surface area contributed by atoms with Gasteiger partial charge < -0.3 is 14.4 Å². The molecule has 3 heterocycles. The number of para-hydroxylation sites is 1. The standard InChI is InChI=1S/C22H21N3O4/c26-21(13-24-14-23-17-5-2-1-4-16(17)22(24)27)25-9-3-6-18(25)15-7-8-19-20(12-15)29-11-10-28-19/h1-2,4-5,7-8,12,14,18H,3,6,9-11,13H2/t18-/m0/s1. The summed E-state index contributed by atoms with van der Waals surface area (Å²) in [7, 11) is 0. The largest absolute Gasteiger partial charge is 0.486 e.